The Morgan fingerprint density at radius 2 is 0.494 bits per heavy atom. The molecule has 38 nitrogen and oxygen atoms in total. The van der Waals surface area contributed by atoms with Gasteiger partial charge in [-0.2, -0.15) is 0 Å². The van der Waals surface area contributed by atoms with Gasteiger partial charge in [-0.3, -0.25) is 0 Å². The van der Waals surface area contributed by atoms with Crippen molar-refractivity contribution >= 4 is 11.8 Å². The maximum Gasteiger partial charge on any atom is 0.209 e. The number of tetrazole rings is 1. The van der Waals surface area contributed by atoms with Crippen LogP contribution in [0, 0.1) is 0 Å². The number of hydrogen-bond acceptors (Lipinski definition) is 38. The van der Waals surface area contributed by atoms with Gasteiger partial charge in [-0.25, -0.2) is 4.68 Å². The average Bonchev–Trinajstić information content (AvgIpc) is 3.54. The highest BCUT2D eigenvalue weighted by Gasteiger charge is 2.59. The Kier molecular flexibility index (Phi) is 22.0. The molecule has 0 amide bonds. The SMILES string of the molecule is Cn1nnnc1SC[C@H]1O[C@@H]2O[C@H]3[C@H](O)[C@@H](O)[C@@H](O[C@H]4[C@H](O)[C@@H](O)[C@@H](O[C@H]5[C@H](O)[C@@H](O)[C@@H](O[C@H]6[C@H](O)[C@@H](O)[C@@H](O[C@H]7[C@H](O)[C@@H](O)[C@@H](O[C@H]8[C@H](O)[C@@H](O)[C@@H](O[C@H]1[C@H](O)[C@H]2O)O[C@@H]8CO)O[C@@H]7CO)O[C@@H]6CO)O[C@@H]5CO)O[C@@H]4CO)O[C@@H]3CO. The molecule has 21 aliphatic rings. The van der Waals surface area contributed by atoms with E-state index in [1.165, 1.54) is 11.7 Å². The fourth-order valence-electron chi connectivity index (χ4n) is 10.9. The first-order valence-electron chi connectivity index (χ1n) is 26.3. The van der Waals surface area contributed by atoms with Crippen molar-refractivity contribution in [1.29, 1.82) is 0 Å². The van der Waals surface area contributed by atoms with Crippen molar-refractivity contribution in [3.63, 3.8) is 0 Å². The van der Waals surface area contributed by atoms with Crippen LogP contribution in [-0.2, 0) is 73.4 Å². The molecule has 20 N–H and O–H groups in total. The molecule has 83 heavy (non-hydrogen) atoms. The van der Waals surface area contributed by atoms with Crippen LogP contribution >= 0.6 is 11.8 Å². The van der Waals surface area contributed by atoms with Crippen LogP contribution in [0.4, 0.5) is 0 Å². The third-order valence-corrected chi connectivity index (χ3v) is 16.7. The smallest absolute Gasteiger partial charge is 0.209 e. The van der Waals surface area contributed by atoms with Crippen LogP contribution in [0.5, 0.6) is 0 Å². The zero-order chi connectivity index (χ0) is 60.0. The highest BCUT2D eigenvalue weighted by Crippen LogP contribution is 2.39. The summed E-state index contributed by atoms with van der Waals surface area (Å²) < 4.78 is 82.3. The van der Waals surface area contributed by atoms with Gasteiger partial charge in [-0.1, -0.05) is 11.8 Å². The molecule has 21 saturated heterocycles. The minimum Gasteiger partial charge on any atom is -0.394 e. The first-order valence-corrected chi connectivity index (χ1v) is 27.3. The predicted molar refractivity (Wildman–Crippen MR) is 251 cm³/mol. The van der Waals surface area contributed by atoms with Crippen molar-refractivity contribution in [2.75, 3.05) is 45.4 Å². The second-order valence-electron chi connectivity index (χ2n) is 20.9. The van der Waals surface area contributed by atoms with Crippen LogP contribution in [-0.4, -0.2) is 383 Å². The number of nitrogens with zero attached hydrogens (tertiary/aromatic N) is 4. The maximum absolute atomic E-state index is 11.8. The van der Waals surface area contributed by atoms with Crippen LogP contribution in [0.3, 0.4) is 0 Å². The Hall–Kier alpha value is -1.94. The quantitative estimate of drug-likeness (QED) is 0.102. The van der Waals surface area contributed by atoms with Crippen molar-refractivity contribution in [1.82, 2.24) is 20.2 Å². The molecule has 1 aromatic heterocycles. The molecule has 22 heterocycles. The molecule has 21 aliphatic heterocycles. The summed E-state index contributed by atoms with van der Waals surface area (Å²) in [5.74, 6) is -0.289. The minimum absolute atomic E-state index is 0.167. The predicted octanol–water partition coefficient (Wildman–Crippen LogP) is -14.9. The van der Waals surface area contributed by atoms with E-state index in [1.54, 1.807) is 0 Å². The van der Waals surface area contributed by atoms with Gasteiger partial charge in [0, 0.05) is 12.8 Å². The first-order chi connectivity index (χ1) is 39.6. The van der Waals surface area contributed by atoms with Gasteiger partial charge in [0.15, 0.2) is 44.0 Å². The largest absolute Gasteiger partial charge is 0.394 e. The second kappa shape index (κ2) is 27.8. The Labute approximate surface area is 472 Å². The lowest BCUT2D eigenvalue weighted by atomic mass is 9.95. The highest BCUT2D eigenvalue weighted by atomic mass is 32.2. The molecule has 39 heteroatoms. The molecule has 21 fully saturated rings. The fraction of sp³-hybridized carbons (Fsp3) is 0.977. The van der Waals surface area contributed by atoms with E-state index in [0.717, 1.165) is 11.8 Å². The lowest BCUT2D eigenvalue weighted by Crippen LogP contribution is -2.68. The van der Waals surface area contributed by atoms with Crippen molar-refractivity contribution in [3.8, 4) is 0 Å². The summed E-state index contributed by atoms with van der Waals surface area (Å²) in [6.07, 6.45) is -69.8. The van der Waals surface area contributed by atoms with Gasteiger partial charge in [-0.15, -0.1) is 5.10 Å². The molecule has 0 unspecified atom stereocenters. The summed E-state index contributed by atoms with van der Waals surface area (Å²) >= 11 is 0.902. The molecule has 0 aliphatic carbocycles. The van der Waals surface area contributed by atoms with Crippen LogP contribution in [0.25, 0.3) is 0 Å². The van der Waals surface area contributed by atoms with Crippen molar-refractivity contribution < 1.29 is 168 Å². The number of aryl methyl sites for hydroxylation is 1. The van der Waals surface area contributed by atoms with E-state index < -0.39 is 255 Å². The van der Waals surface area contributed by atoms with Crippen LogP contribution < -0.4 is 0 Å². The van der Waals surface area contributed by atoms with Crippen LogP contribution in [0.2, 0.25) is 0 Å². The van der Waals surface area contributed by atoms with Gasteiger partial charge in [0.05, 0.1) is 45.7 Å². The van der Waals surface area contributed by atoms with Crippen LogP contribution in [0.15, 0.2) is 5.16 Å². The van der Waals surface area contributed by atoms with Gasteiger partial charge < -0.3 is 168 Å². The van der Waals surface area contributed by atoms with E-state index in [0.29, 0.717) is 0 Å². The molecule has 14 bridgehead atoms. The number of hydrogen-bond donors (Lipinski definition) is 20. The molecule has 35 atom stereocenters. The van der Waals surface area contributed by atoms with Crippen molar-refractivity contribution in [3.05, 3.63) is 0 Å². The minimum atomic E-state index is -2.21. The molecule has 1 aromatic rings. The van der Waals surface area contributed by atoms with Gasteiger partial charge >= 0.3 is 0 Å². The molecule has 478 valence electrons. The van der Waals surface area contributed by atoms with Gasteiger partial charge in [-0.05, 0) is 10.4 Å². The summed E-state index contributed by atoms with van der Waals surface area (Å²) in [6, 6.07) is 0. The van der Waals surface area contributed by atoms with Crippen molar-refractivity contribution in [2.24, 2.45) is 7.05 Å². The lowest BCUT2D eigenvalue weighted by Gasteiger charge is -2.50. The number of aliphatic hydroxyl groups is 20. The molecule has 0 radical (unpaired) electrons. The standard InChI is InChI=1S/C44H72N4O34S/c1-48-44(45-46-47-48)83-8-15-36-22(61)29(68)43(75-15)81-35-14(7-54)73-41(27(66)20(35)59)79-33-12(5-52)71-39(25(64)18(33)57)77-31-10(3-50)69-37(23(62)16(31)55)76-30-9(2-49)70-38(24(63)17(30)56)78-32-11(4-51)72-40(26(65)19(32)58)80-34-13(6-53)74-42(82-36)28(67)21(34)60/h9-43,49-68H,2-8H2,1H3/t9-,10-,11-,12-,13-,14-,15-,16-,17-,18-,19-,20-,21-,22-,23-,24-,25-,26-,27-,28-,29-,30-,31-,32-,33-,34-,35-,36-,37-,38-,39-,40-,41-,42-,43-/m1/s1. The van der Waals surface area contributed by atoms with E-state index in [9.17, 15) is 102 Å². The zero-order valence-electron chi connectivity index (χ0n) is 43.5. The fourth-order valence-corrected chi connectivity index (χ4v) is 11.8. The van der Waals surface area contributed by atoms with Gasteiger partial charge in [0.2, 0.25) is 5.16 Å². The van der Waals surface area contributed by atoms with E-state index in [1.807, 2.05) is 0 Å². The molecule has 0 spiro atoms. The highest BCUT2D eigenvalue weighted by molar-refractivity contribution is 7.99. The number of ether oxygens (including phenoxy) is 14. The molecular formula is C44H72N4O34S. The molecule has 0 saturated carbocycles. The topological polar surface area (TPSA) is 577 Å². The summed E-state index contributed by atoms with van der Waals surface area (Å²) in [5, 5.41) is 234. The van der Waals surface area contributed by atoms with E-state index in [2.05, 4.69) is 15.5 Å². The number of thioether (sulfide) groups is 1. The van der Waals surface area contributed by atoms with Crippen LogP contribution in [0.1, 0.15) is 0 Å². The third-order valence-electron chi connectivity index (χ3n) is 15.6. The third kappa shape index (κ3) is 13.1. The molecule has 0 aromatic carbocycles. The Bertz CT molecular complexity index is 2180. The Morgan fingerprint density at radius 3 is 0.675 bits per heavy atom. The zero-order valence-corrected chi connectivity index (χ0v) is 44.3. The monoisotopic (exact) mass is 1230 g/mol. The van der Waals surface area contributed by atoms with Gasteiger partial charge in [0.1, 0.15) is 165 Å². The number of aromatic nitrogens is 4. The van der Waals surface area contributed by atoms with E-state index in [-0.39, 0.29) is 10.9 Å². The van der Waals surface area contributed by atoms with Gasteiger partial charge in [0.25, 0.3) is 0 Å². The summed E-state index contributed by atoms with van der Waals surface area (Å²) in [4.78, 5) is 0. The normalized spacial score (nSPS) is 52.2. The molecular weight excluding hydrogens is 1160 g/mol. The van der Waals surface area contributed by atoms with Crippen molar-refractivity contribution in [2.45, 2.75) is 220 Å². The first kappa shape index (κ1) is 65.5. The molecule has 22 rings (SSSR count). The summed E-state index contributed by atoms with van der Waals surface area (Å²) in [6.45, 7) is -6.26. The maximum atomic E-state index is 11.8. The lowest BCUT2D eigenvalue weighted by molar-refractivity contribution is -0.396. The average molecular weight is 1230 g/mol. The van der Waals surface area contributed by atoms with E-state index in [4.69, 9.17) is 66.3 Å². The second-order valence-corrected chi connectivity index (χ2v) is 21.9. The Morgan fingerprint density at radius 1 is 0.301 bits per heavy atom. The Balaban J connectivity index is 1.01. The summed E-state index contributed by atoms with van der Waals surface area (Å²) in [7, 11) is 1.48. The van der Waals surface area contributed by atoms with E-state index >= 15 is 0 Å². The number of rotatable bonds is 9. The summed E-state index contributed by atoms with van der Waals surface area (Å²) in [5.41, 5.74) is 0. The number of aliphatic hydroxyl groups excluding tert-OH is 20.